The summed E-state index contributed by atoms with van der Waals surface area (Å²) in [6.07, 6.45) is 1.39. The van der Waals surface area contributed by atoms with Crippen molar-refractivity contribution in [1.29, 1.82) is 0 Å². The van der Waals surface area contributed by atoms with Crippen LogP contribution in [-0.4, -0.2) is 44.3 Å². The molecule has 0 amide bonds. The van der Waals surface area contributed by atoms with E-state index in [4.69, 9.17) is 16.3 Å². The minimum absolute atomic E-state index is 0.330. The molecule has 0 saturated heterocycles. The van der Waals surface area contributed by atoms with Crippen LogP contribution in [0.2, 0.25) is 5.02 Å². The first kappa shape index (κ1) is 18.4. The second-order valence-electron chi connectivity index (χ2n) is 5.73. The summed E-state index contributed by atoms with van der Waals surface area (Å²) in [4.78, 5) is 2.35. The number of rotatable bonds is 10. The van der Waals surface area contributed by atoms with Crippen LogP contribution in [0.3, 0.4) is 0 Å². The van der Waals surface area contributed by atoms with Gasteiger partial charge in [0.2, 0.25) is 0 Å². The molecule has 0 fully saturated rings. The molecule has 1 aromatic carbocycles. The highest BCUT2D eigenvalue weighted by molar-refractivity contribution is 6.30. The Kier molecular flexibility index (Phi) is 8.93. The molecule has 0 aliphatic heterocycles. The van der Waals surface area contributed by atoms with Crippen LogP contribution in [-0.2, 0) is 4.74 Å². The third-order valence-corrected chi connectivity index (χ3v) is 3.86. The van der Waals surface area contributed by atoms with Gasteiger partial charge in [-0.05, 0) is 58.5 Å². The lowest BCUT2D eigenvalue weighted by Crippen LogP contribution is -2.32. The highest BCUT2D eigenvalue weighted by Crippen LogP contribution is 2.20. The van der Waals surface area contributed by atoms with E-state index in [9.17, 15) is 0 Å². The quantitative estimate of drug-likeness (QED) is 0.666. The van der Waals surface area contributed by atoms with E-state index >= 15 is 0 Å². The predicted octanol–water partition coefficient (Wildman–Crippen LogP) is 3.74. The molecule has 120 valence electrons. The van der Waals surface area contributed by atoms with Gasteiger partial charge < -0.3 is 10.1 Å². The van der Waals surface area contributed by atoms with Gasteiger partial charge in [-0.2, -0.15) is 0 Å². The Morgan fingerprint density at radius 2 is 1.81 bits per heavy atom. The van der Waals surface area contributed by atoms with Crippen molar-refractivity contribution in [3.05, 3.63) is 34.9 Å². The molecule has 0 aliphatic rings. The van der Waals surface area contributed by atoms with E-state index in [-0.39, 0.29) is 0 Å². The molecule has 1 N–H and O–H groups in total. The fraction of sp³-hybridized carbons (Fsp3) is 0.647. The molecule has 0 spiro atoms. The van der Waals surface area contributed by atoms with Gasteiger partial charge in [0.05, 0.1) is 6.10 Å². The molecule has 1 atom stereocenters. The Hall–Kier alpha value is -0.610. The Morgan fingerprint density at radius 1 is 1.14 bits per heavy atom. The number of halogens is 1. The summed E-state index contributed by atoms with van der Waals surface area (Å²) >= 11 is 5.93. The van der Waals surface area contributed by atoms with Gasteiger partial charge in [-0.3, -0.25) is 4.90 Å². The smallest absolute Gasteiger partial charge is 0.0518 e. The van der Waals surface area contributed by atoms with Crippen LogP contribution in [0.1, 0.15) is 38.8 Å². The molecule has 1 unspecified atom stereocenters. The number of ether oxygens (including phenoxy) is 1. The summed E-state index contributed by atoms with van der Waals surface area (Å²) in [5.41, 5.74) is 1.30. The van der Waals surface area contributed by atoms with Gasteiger partial charge in [0, 0.05) is 30.8 Å². The van der Waals surface area contributed by atoms with Gasteiger partial charge in [-0.1, -0.05) is 23.7 Å². The van der Waals surface area contributed by atoms with E-state index in [1.165, 1.54) is 5.56 Å². The lowest BCUT2D eigenvalue weighted by molar-refractivity contribution is 0.0770. The molecular formula is C17H29ClN2O. The minimum atomic E-state index is 0.330. The average Bonchev–Trinajstić information content (AvgIpc) is 2.45. The number of hydrogen-bond donors (Lipinski definition) is 1. The second-order valence-corrected chi connectivity index (χ2v) is 6.17. The predicted molar refractivity (Wildman–Crippen MR) is 91.1 cm³/mol. The van der Waals surface area contributed by atoms with Crippen molar-refractivity contribution in [2.45, 2.75) is 39.3 Å². The molecule has 3 nitrogen and oxygen atoms in total. The van der Waals surface area contributed by atoms with Crippen molar-refractivity contribution in [2.24, 2.45) is 0 Å². The summed E-state index contributed by atoms with van der Waals surface area (Å²) in [6, 6.07) is 8.50. The van der Waals surface area contributed by atoms with Crippen molar-refractivity contribution < 1.29 is 4.74 Å². The maximum Gasteiger partial charge on any atom is 0.0518 e. The van der Waals surface area contributed by atoms with Crippen molar-refractivity contribution in [1.82, 2.24) is 10.2 Å². The monoisotopic (exact) mass is 312 g/mol. The fourth-order valence-corrected chi connectivity index (χ4v) is 2.21. The van der Waals surface area contributed by atoms with E-state index in [0.29, 0.717) is 12.1 Å². The van der Waals surface area contributed by atoms with E-state index in [2.05, 4.69) is 50.2 Å². The van der Waals surface area contributed by atoms with Gasteiger partial charge in [0.25, 0.3) is 0 Å². The summed E-state index contributed by atoms with van der Waals surface area (Å²) in [6.45, 7) is 10.2. The van der Waals surface area contributed by atoms with E-state index in [0.717, 1.165) is 37.7 Å². The van der Waals surface area contributed by atoms with E-state index < -0.39 is 0 Å². The molecule has 0 heterocycles. The molecule has 0 bridgehead atoms. The zero-order chi connectivity index (χ0) is 15.7. The molecule has 0 aliphatic carbocycles. The summed E-state index contributed by atoms with van der Waals surface area (Å²) in [7, 11) is 2.16. The number of likely N-dealkylation sites (N-methyl/N-ethyl adjacent to an activating group) is 1. The van der Waals surface area contributed by atoms with Crippen LogP contribution in [0.5, 0.6) is 0 Å². The normalized spacial score (nSPS) is 13.1. The summed E-state index contributed by atoms with van der Waals surface area (Å²) in [5.74, 6) is 0. The highest BCUT2D eigenvalue weighted by atomic mass is 35.5. The van der Waals surface area contributed by atoms with Crippen LogP contribution in [0.25, 0.3) is 0 Å². The first-order valence-electron chi connectivity index (χ1n) is 7.78. The molecule has 0 saturated carbocycles. The average molecular weight is 313 g/mol. The Labute approximate surface area is 134 Å². The molecule has 1 rings (SSSR count). The largest absolute Gasteiger partial charge is 0.379 e. The molecule has 0 radical (unpaired) electrons. The maximum atomic E-state index is 5.93. The van der Waals surface area contributed by atoms with Gasteiger partial charge in [-0.25, -0.2) is 0 Å². The zero-order valence-corrected chi connectivity index (χ0v) is 14.5. The lowest BCUT2D eigenvalue weighted by atomic mass is 10.1. The molecular weight excluding hydrogens is 284 g/mol. The van der Waals surface area contributed by atoms with Crippen LogP contribution in [0, 0.1) is 0 Å². The lowest BCUT2D eigenvalue weighted by Gasteiger charge is -2.25. The van der Waals surface area contributed by atoms with Crippen LogP contribution >= 0.6 is 11.6 Å². The Morgan fingerprint density at radius 3 is 2.43 bits per heavy atom. The first-order chi connectivity index (χ1) is 10.0. The van der Waals surface area contributed by atoms with Crippen molar-refractivity contribution in [3.8, 4) is 0 Å². The third kappa shape index (κ3) is 7.82. The summed E-state index contributed by atoms with van der Waals surface area (Å²) < 4.78 is 5.51. The zero-order valence-electron chi connectivity index (χ0n) is 13.7. The van der Waals surface area contributed by atoms with Crippen LogP contribution < -0.4 is 5.32 Å². The standard InChI is InChI=1S/C17H29ClN2O/c1-14(2)21-13-5-10-19-11-12-20(4)15(3)16-6-8-17(18)9-7-16/h6-9,14-15,19H,5,10-13H2,1-4H3. The number of benzene rings is 1. The van der Waals surface area contributed by atoms with Crippen molar-refractivity contribution in [2.75, 3.05) is 33.3 Å². The molecule has 0 aromatic heterocycles. The number of hydrogen-bond acceptors (Lipinski definition) is 3. The van der Waals surface area contributed by atoms with Crippen molar-refractivity contribution >= 4 is 11.6 Å². The van der Waals surface area contributed by atoms with Gasteiger partial charge in [0.15, 0.2) is 0 Å². The first-order valence-corrected chi connectivity index (χ1v) is 8.16. The van der Waals surface area contributed by atoms with Gasteiger partial charge >= 0.3 is 0 Å². The van der Waals surface area contributed by atoms with E-state index in [1.807, 2.05) is 12.1 Å². The third-order valence-electron chi connectivity index (χ3n) is 3.60. The minimum Gasteiger partial charge on any atom is -0.379 e. The van der Waals surface area contributed by atoms with Crippen molar-refractivity contribution in [3.63, 3.8) is 0 Å². The Balaban J connectivity index is 2.15. The number of nitrogens with zero attached hydrogens (tertiary/aromatic N) is 1. The second kappa shape index (κ2) is 10.2. The van der Waals surface area contributed by atoms with E-state index in [1.54, 1.807) is 0 Å². The molecule has 1 aromatic rings. The van der Waals surface area contributed by atoms with Crippen LogP contribution in [0.4, 0.5) is 0 Å². The SMILES string of the molecule is CC(C)OCCCNCCN(C)C(C)c1ccc(Cl)cc1. The molecule has 4 heteroatoms. The topological polar surface area (TPSA) is 24.5 Å². The molecule has 21 heavy (non-hydrogen) atoms. The Bertz CT molecular complexity index is 381. The fourth-order valence-electron chi connectivity index (χ4n) is 2.09. The van der Waals surface area contributed by atoms with Crippen LogP contribution in [0.15, 0.2) is 24.3 Å². The number of nitrogens with one attached hydrogen (secondary N) is 1. The maximum absolute atomic E-state index is 5.93. The highest BCUT2D eigenvalue weighted by Gasteiger charge is 2.10. The van der Waals surface area contributed by atoms with Gasteiger partial charge in [-0.15, -0.1) is 0 Å². The van der Waals surface area contributed by atoms with Gasteiger partial charge in [0.1, 0.15) is 0 Å². The summed E-state index contributed by atoms with van der Waals surface area (Å²) in [5, 5.41) is 4.25.